The minimum atomic E-state index is -1.02. The number of esters is 1. The van der Waals surface area contributed by atoms with Crippen molar-refractivity contribution in [2.45, 2.75) is 20.0 Å². The van der Waals surface area contributed by atoms with Crippen LogP contribution in [-0.4, -0.2) is 28.9 Å². The predicted molar refractivity (Wildman–Crippen MR) is 88.1 cm³/mol. The molecule has 0 saturated carbocycles. The lowest BCUT2D eigenvalue weighted by Gasteiger charge is -2.13. The highest BCUT2D eigenvalue weighted by Gasteiger charge is 2.19. The van der Waals surface area contributed by atoms with Gasteiger partial charge in [-0.3, -0.25) is 9.59 Å². The summed E-state index contributed by atoms with van der Waals surface area (Å²) in [6, 6.07) is 12.1. The highest BCUT2D eigenvalue weighted by molar-refractivity contribution is 5.98. The first-order chi connectivity index (χ1) is 11.4. The highest BCUT2D eigenvalue weighted by Crippen LogP contribution is 2.14. The molecule has 24 heavy (non-hydrogen) atoms. The van der Waals surface area contributed by atoms with Gasteiger partial charge in [-0.25, -0.2) is 4.79 Å². The number of aromatic hydroxyl groups is 1. The van der Waals surface area contributed by atoms with E-state index in [0.717, 1.165) is 0 Å². The van der Waals surface area contributed by atoms with Gasteiger partial charge >= 0.3 is 5.97 Å². The number of benzene rings is 2. The summed E-state index contributed by atoms with van der Waals surface area (Å²) in [5.74, 6) is -1.34. The van der Waals surface area contributed by atoms with E-state index < -0.39 is 18.0 Å². The Bertz CT molecular complexity index is 767. The van der Waals surface area contributed by atoms with Crippen LogP contribution in [0, 0.1) is 0 Å². The first kappa shape index (κ1) is 17.2. The van der Waals surface area contributed by atoms with Crippen LogP contribution < -0.4 is 5.32 Å². The number of hydrogen-bond donors (Lipinski definition) is 2. The van der Waals surface area contributed by atoms with E-state index in [4.69, 9.17) is 4.74 Å². The van der Waals surface area contributed by atoms with Crippen LogP contribution in [0.3, 0.4) is 0 Å². The highest BCUT2D eigenvalue weighted by atomic mass is 16.5. The standard InChI is InChI=1S/C18H17NO5/c1-11(20)13-6-8-15(9-7-13)19-17(22)12(2)24-18(23)14-4-3-5-16(21)10-14/h3-10,12,21H,1-2H3,(H,19,22). The molecule has 0 aromatic heterocycles. The molecule has 0 aliphatic rings. The quantitative estimate of drug-likeness (QED) is 0.651. The Kier molecular flexibility index (Phi) is 5.31. The Balaban J connectivity index is 1.96. The van der Waals surface area contributed by atoms with E-state index in [1.54, 1.807) is 24.3 Å². The smallest absolute Gasteiger partial charge is 0.339 e. The summed E-state index contributed by atoms with van der Waals surface area (Å²) in [6.45, 7) is 2.90. The molecule has 0 spiro atoms. The van der Waals surface area contributed by atoms with Crippen LogP contribution in [0.2, 0.25) is 0 Å². The van der Waals surface area contributed by atoms with Gasteiger partial charge in [0.05, 0.1) is 5.56 Å². The third-order valence-corrected chi connectivity index (χ3v) is 3.29. The lowest BCUT2D eigenvalue weighted by atomic mass is 10.1. The molecule has 2 aromatic rings. The number of hydrogen-bond acceptors (Lipinski definition) is 5. The normalized spacial score (nSPS) is 11.4. The number of nitrogens with one attached hydrogen (secondary N) is 1. The summed E-state index contributed by atoms with van der Waals surface area (Å²) in [5, 5.41) is 11.9. The number of ketones is 1. The molecule has 2 aromatic carbocycles. The van der Waals surface area contributed by atoms with Gasteiger partial charge in [0.25, 0.3) is 5.91 Å². The van der Waals surface area contributed by atoms with E-state index in [2.05, 4.69) is 5.32 Å². The first-order valence-corrected chi connectivity index (χ1v) is 7.28. The number of ether oxygens (including phenoxy) is 1. The monoisotopic (exact) mass is 327 g/mol. The van der Waals surface area contributed by atoms with Gasteiger partial charge in [0.1, 0.15) is 5.75 Å². The van der Waals surface area contributed by atoms with E-state index in [1.807, 2.05) is 0 Å². The fourth-order valence-electron chi connectivity index (χ4n) is 1.95. The van der Waals surface area contributed by atoms with Crippen molar-refractivity contribution in [3.8, 4) is 5.75 Å². The molecule has 0 saturated heterocycles. The average molecular weight is 327 g/mol. The van der Waals surface area contributed by atoms with Crippen LogP contribution in [0.15, 0.2) is 48.5 Å². The molecular formula is C18H17NO5. The number of phenolic OH excluding ortho intramolecular Hbond substituents is 1. The zero-order chi connectivity index (χ0) is 17.7. The fourth-order valence-corrected chi connectivity index (χ4v) is 1.95. The molecule has 2 N–H and O–H groups in total. The van der Waals surface area contributed by atoms with E-state index in [9.17, 15) is 19.5 Å². The van der Waals surface area contributed by atoms with Crippen LogP contribution in [0.25, 0.3) is 0 Å². The van der Waals surface area contributed by atoms with Crippen LogP contribution in [0.1, 0.15) is 34.6 Å². The van der Waals surface area contributed by atoms with Gasteiger partial charge in [0.15, 0.2) is 11.9 Å². The van der Waals surface area contributed by atoms with E-state index in [1.165, 1.54) is 38.1 Å². The van der Waals surface area contributed by atoms with Crippen molar-refractivity contribution in [2.75, 3.05) is 5.32 Å². The topological polar surface area (TPSA) is 92.7 Å². The number of carbonyl (C=O) groups is 3. The lowest BCUT2D eigenvalue weighted by molar-refractivity contribution is -0.123. The number of amides is 1. The zero-order valence-electron chi connectivity index (χ0n) is 13.3. The second-order valence-electron chi connectivity index (χ2n) is 5.22. The van der Waals surface area contributed by atoms with Crippen molar-refractivity contribution in [2.24, 2.45) is 0 Å². The SMILES string of the molecule is CC(=O)c1ccc(NC(=O)C(C)OC(=O)c2cccc(O)c2)cc1. The summed E-state index contributed by atoms with van der Waals surface area (Å²) >= 11 is 0. The molecule has 6 nitrogen and oxygen atoms in total. The van der Waals surface area contributed by atoms with Gasteiger partial charge in [-0.15, -0.1) is 0 Å². The van der Waals surface area contributed by atoms with Gasteiger partial charge in [-0.1, -0.05) is 6.07 Å². The molecule has 124 valence electrons. The molecule has 0 aliphatic heterocycles. The largest absolute Gasteiger partial charge is 0.508 e. The molecule has 0 radical (unpaired) electrons. The maximum atomic E-state index is 12.1. The van der Waals surface area contributed by atoms with Gasteiger partial charge in [-0.05, 0) is 56.3 Å². The Labute approximate surface area is 139 Å². The molecule has 0 fully saturated rings. The summed E-state index contributed by atoms with van der Waals surface area (Å²) in [7, 11) is 0. The summed E-state index contributed by atoms with van der Waals surface area (Å²) in [5.41, 5.74) is 1.18. The second kappa shape index (κ2) is 7.41. The van der Waals surface area contributed by atoms with Crippen molar-refractivity contribution in [3.05, 3.63) is 59.7 Å². The third-order valence-electron chi connectivity index (χ3n) is 3.29. The van der Waals surface area contributed by atoms with Crippen molar-refractivity contribution < 1.29 is 24.2 Å². The van der Waals surface area contributed by atoms with Crippen molar-refractivity contribution >= 4 is 23.3 Å². The molecule has 0 heterocycles. The van der Waals surface area contributed by atoms with Crippen LogP contribution >= 0.6 is 0 Å². The van der Waals surface area contributed by atoms with Gasteiger partial charge in [0.2, 0.25) is 0 Å². The van der Waals surface area contributed by atoms with Crippen LogP contribution in [0.4, 0.5) is 5.69 Å². The van der Waals surface area contributed by atoms with Crippen LogP contribution in [0.5, 0.6) is 5.75 Å². The molecular weight excluding hydrogens is 310 g/mol. The maximum absolute atomic E-state index is 12.1. The van der Waals surface area contributed by atoms with E-state index >= 15 is 0 Å². The van der Waals surface area contributed by atoms with E-state index in [-0.39, 0.29) is 17.1 Å². The Hall–Kier alpha value is -3.15. The van der Waals surface area contributed by atoms with E-state index in [0.29, 0.717) is 11.3 Å². The molecule has 2 rings (SSSR count). The van der Waals surface area contributed by atoms with Crippen molar-refractivity contribution in [1.82, 2.24) is 0 Å². The maximum Gasteiger partial charge on any atom is 0.339 e. The Morgan fingerprint density at radius 2 is 1.71 bits per heavy atom. The Morgan fingerprint density at radius 1 is 1.04 bits per heavy atom. The summed E-state index contributed by atoms with van der Waals surface area (Å²) < 4.78 is 5.07. The number of carbonyl (C=O) groups excluding carboxylic acids is 3. The molecule has 0 bridgehead atoms. The van der Waals surface area contributed by atoms with Crippen molar-refractivity contribution in [3.63, 3.8) is 0 Å². The molecule has 1 atom stereocenters. The Morgan fingerprint density at radius 3 is 2.29 bits per heavy atom. The van der Waals surface area contributed by atoms with Gasteiger partial charge in [-0.2, -0.15) is 0 Å². The summed E-state index contributed by atoms with van der Waals surface area (Å²) in [4.78, 5) is 35.2. The van der Waals surface area contributed by atoms with Crippen molar-refractivity contribution in [1.29, 1.82) is 0 Å². The predicted octanol–water partition coefficient (Wildman–Crippen LogP) is 2.78. The minimum Gasteiger partial charge on any atom is -0.508 e. The van der Waals surface area contributed by atoms with Crippen LogP contribution in [-0.2, 0) is 9.53 Å². The first-order valence-electron chi connectivity index (χ1n) is 7.28. The number of phenols is 1. The third kappa shape index (κ3) is 4.42. The lowest BCUT2D eigenvalue weighted by Crippen LogP contribution is -2.30. The number of Topliss-reactive ketones (excluding diaryl/α,β-unsaturated/α-hetero) is 1. The molecule has 6 heteroatoms. The average Bonchev–Trinajstić information content (AvgIpc) is 2.55. The molecule has 0 aliphatic carbocycles. The van der Waals surface area contributed by atoms with Gasteiger partial charge < -0.3 is 15.2 Å². The minimum absolute atomic E-state index is 0.0629. The number of rotatable bonds is 5. The fraction of sp³-hybridized carbons (Fsp3) is 0.167. The van der Waals surface area contributed by atoms with Gasteiger partial charge in [0, 0.05) is 11.3 Å². The molecule has 1 amide bonds. The number of anilines is 1. The zero-order valence-corrected chi connectivity index (χ0v) is 13.3. The second-order valence-corrected chi connectivity index (χ2v) is 5.22. The molecule has 1 unspecified atom stereocenters. The summed E-state index contributed by atoms with van der Waals surface area (Å²) in [6.07, 6.45) is -1.02.